The molecular weight excluding hydrogens is 272 g/mol. The predicted octanol–water partition coefficient (Wildman–Crippen LogP) is 2.71. The Balaban J connectivity index is 1.83. The Morgan fingerprint density at radius 3 is 2.55 bits per heavy atom. The largest absolute Gasteiger partial charge is 0.368 e. The number of aromatic nitrogens is 2. The van der Waals surface area contributed by atoms with Crippen molar-refractivity contribution in [2.75, 3.05) is 31.1 Å². The minimum absolute atomic E-state index is 1.04. The number of hydrogen-bond donors (Lipinski definition) is 1. The van der Waals surface area contributed by atoms with Crippen molar-refractivity contribution in [2.24, 2.45) is 0 Å². The average Bonchev–Trinajstić information content (AvgIpc) is 2.62. The summed E-state index contributed by atoms with van der Waals surface area (Å²) >= 11 is 0. The van der Waals surface area contributed by atoms with Crippen molar-refractivity contribution in [2.45, 2.75) is 0 Å². The van der Waals surface area contributed by atoms with E-state index in [9.17, 15) is 0 Å². The third kappa shape index (κ3) is 2.42. The lowest BCUT2D eigenvalue weighted by molar-refractivity contribution is 0.590. The van der Waals surface area contributed by atoms with Gasteiger partial charge in [-0.25, -0.2) is 9.97 Å². The molecule has 1 fully saturated rings. The summed E-state index contributed by atoms with van der Waals surface area (Å²) in [7, 11) is 0. The topological polar surface area (TPSA) is 41.0 Å². The number of benzene rings is 2. The zero-order valence-electron chi connectivity index (χ0n) is 12.4. The molecule has 1 saturated heterocycles. The van der Waals surface area contributed by atoms with Crippen LogP contribution in [0.5, 0.6) is 0 Å². The van der Waals surface area contributed by atoms with Crippen LogP contribution in [0.1, 0.15) is 0 Å². The van der Waals surface area contributed by atoms with Gasteiger partial charge < -0.3 is 10.2 Å². The molecule has 4 rings (SSSR count). The highest BCUT2D eigenvalue weighted by atomic mass is 15.2. The van der Waals surface area contributed by atoms with Crippen molar-refractivity contribution in [3.63, 3.8) is 0 Å². The minimum atomic E-state index is 1.04. The first-order valence-electron chi connectivity index (χ1n) is 7.66. The molecule has 22 heavy (non-hydrogen) atoms. The Morgan fingerprint density at radius 1 is 0.909 bits per heavy atom. The fraction of sp³-hybridized carbons (Fsp3) is 0.222. The molecule has 0 radical (unpaired) electrons. The van der Waals surface area contributed by atoms with Crippen LogP contribution in [0.3, 0.4) is 0 Å². The molecule has 0 bridgehead atoms. The van der Waals surface area contributed by atoms with Crippen LogP contribution in [0, 0.1) is 0 Å². The average molecular weight is 290 g/mol. The normalized spacial score (nSPS) is 15.2. The van der Waals surface area contributed by atoms with Crippen molar-refractivity contribution >= 4 is 16.5 Å². The summed E-state index contributed by atoms with van der Waals surface area (Å²) in [6.45, 7) is 4.20. The first-order valence-corrected chi connectivity index (χ1v) is 7.66. The van der Waals surface area contributed by atoms with Crippen LogP contribution < -0.4 is 10.2 Å². The molecule has 1 aliphatic heterocycles. The summed E-state index contributed by atoms with van der Waals surface area (Å²) in [5.41, 5.74) is 3.54. The number of rotatable bonds is 2. The lowest BCUT2D eigenvalue weighted by Gasteiger charge is -2.30. The fourth-order valence-corrected chi connectivity index (χ4v) is 3.07. The van der Waals surface area contributed by atoms with E-state index in [0.717, 1.165) is 37.3 Å². The molecule has 0 spiro atoms. The Kier molecular flexibility index (Phi) is 3.45. The van der Waals surface area contributed by atoms with Gasteiger partial charge >= 0.3 is 0 Å². The van der Waals surface area contributed by atoms with Crippen LogP contribution in [0.4, 0.5) is 5.69 Å². The maximum atomic E-state index is 4.12. The third-order valence-electron chi connectivity index (χ3n) is 4.21. The van der Waals surface area contributed by atoms with E-state index >= 15 is 0 Å². The number of piperazine rings is 1. The maximum absolute atomic E-state index is 4.12. The van der Waals surface area contributed by atoms with Gasteiger partial charge in [-0.3, -0.25) is 0 Å². The number of nitrogens with one attached hydrogen (secondary N) is 1. The van der Waals surface area contributed by atoms with Crippen molar-refractivity contribution in [3.05, 3.63) is 55.1 Å². The van der Waals surface area contributed by atoms with Crippen molar-refractivity contribution in [1.29, 1.82) is 0 Å². The lowest BCUT2D eigenvalue weighted by atomic mass is 10.0. The molecule has 0 saturated carbocycles. The van der Waals surface area contributed by atoms with E-state index in [2.05, 4.69) is 56.6 Å². The quantitative estimate of drug-likeness (QED) is 0.788. The molecule has 0 aliphatic carbocycles. The molecule has 0 amide bonds. The van der Waals surface area contributed by atoms with E-state index < -0.39 is 0 Å². The molecule has 1 aliphatic rings. The first-order chi connectivity index (χ1) is 10.9. The van der Waals surface area contributed by atoms with Gasteiger partial charge in [0.15, 0.2) is 0 Å². The van der Waals surface area contributed by atoms with E-state index in [4.69, 9.17) is 0 Å². The van der Waals surface area contributed by atoms with Gasteiger partial charge in [0, 0.05) is 55.2 Å². The fourth-order valence-electron chi connectivity index (χ4n) is 3.07. The Morgan fingerprint density at radius 2 is 1.73 bits per heavy atom. The number of hydrogen-bond acceptors (Lipinski definition) is 4. The Hall–Kier alpha value is -2.46. The van der Waals surface area contributed by atoms with Crippen molar-refractivity contribution in [1.82, 2.24) is 15.3 Å². The molecule has 1 N–H and O–H groups in total. The number of fused-ring (bicyclic) bond motifs is 1. The zero-order chi connectivity index (χ0) is 14.8. The van der Waals surface area contributed by atoms with E-state index in [1.807, 2.05) is 12.4 Å². The van der Waals surface area contributed by atoms with Gasteiger partial charge in [0.1, 0.15) is 6.33 Å². The van der Waals surface area contributed by atoms with Gasteiger partial charge in [0.05, 0.1) is 0 Å². The van der Waals surface area contributed by atoms with Gasteiger partial charge in [0.2, 0.25) is 0 Å². The van der Waals surface area contributed by atoms with Gasteiger partial charge in [-0.1, -0.05) is 24.3 Å². The summed E-state index contributed by atoms with van der Waals surface area (Å²) in [6.07, 6.45) is 5.29. The second-order valence-corrected chi connectivity index (χ2v) is 5.58. The standard InChI is InChI=1S/C18H18N4/c1-2-14-4-5-15(16-11-20-13-21-12-16)10-17(14)18(3-1)22-8-6-19-7-9-22/h1-5,10-13,19H,6-9H2. The zero-order valence-corrected chi connectivity index (χ0v) is 12.4. The molecule has 3 aromatic rings. The summed E-state index contributed by atoms with van der Waals surface area (Å²) in [5, 5.41) is 5.98. The Bertz CT molecular complexity index is 779. The smallest absolute Gasteiger partial charge is 0.115 e. The molecule has 2 aromatic carbocycles. The highest BCUT2D eigenvalue weighted by Crippen LogP contribution is 2.31. The van der Waals surface area contributed by atoms with Crippen molar-refractivity contribution < 1.29 is 0 Å². The van der Waals surface area contributed by atoms with E-state index in [1.165, 1.54) is 16.5 Å². The highest BCUT2D eigenvalue weighted by Gasteiger charge is 2.13. The van der Waals surface area contributed by atoms with Crippen LogP contribution in [0.25, 0.3) is 21.9 Å². The molecule has 0 unspecified atom stereocenters. The third-order valence-corrected chi connectivity index (χ3v) is 4.21. The molecule has 0 atom stereocenters. The monoisotopic (exact) mass is 290 g/mol. The molecule has 4 nitrogen and oxygen atoms in total. The van der Waals surface area contributed by atoms with Crippen molar-refractivity contribution in [3.8, 4) is 11.1 Å². The van der Waals surface area contributed by atoms with Crippen LogP contribution in [-0.2, 0) is 0 Å². The van der Waals surface area contributed by atoms with Gasteiger partial charge in [-0.15, -0.1) is 0 Å². The molecular formula is C18H18N4. The summed E-state index contributed by atoms with van der Waals surface area (Å²) in [5.74, 6) is 0. The number of nitrogens with zero attached hydrogens (tertiary/aromatic N) is 3. The van der Waals surface area contributed by atoms with E-state index in [-0.39, 0.29) is 0 Å². The van der Waals surface area contributed by atoms with Crippen LogP contribution >= 0.6 is 0 Å². The Labute approximate surface area is 129 Å². The minimum Gasteiger partial charge on any atom is -0.368 e. The van der Waals surface area contributed by atoms with Crippen LogP contribution in [0.15, 0.2) is 55.1 Å². The first kappa shape index (κ1) is 13.2. The van der Waals surface area contributed by atoms with E-state index in [1.54, 1.807) is 6.33 Å². The van der Waals surface area contributed by atoms with E-state index in [0.29, 0.717) is 0 Å². The van der Waals surface area contributed by atoms with Crippen LogP contribution in [0.2, 0.25) is 0 Å². The summed E-state index contributed by atoms with van der Waals surface area (Å²) in [6, 6.07) is 13.1. The molecule has 4 heteroatoms. The lowest BCUT2D eigenvalue weighted by Crippen LogP contribution is -2.43. The summed E-state index contributed by atoms with van der Waals surface area (Å²) < 4.78 is 0. The molecule has 1 aromatic heterocycles. The van der Waals surface area contributed by atoms with Gasteiger partial charge in [0.25, 0.3) is 0 Å². The predicted molar refractivity (Wildman–Crippen MR) is 90.1 cm³/mol. The van der Waals surface area contributed by atoms with Crippen LogP contribution in [-0.4, -0.2) is 36.1 Å². The maximum Gasteiger partial charge on any atom is 0.115 e. The second kappa shape index (κ2) is 5.73. The summed E-state index contributed by atoms with van der Waals surface area (Å²) in [4.78, 5) is 10.7. The van der Waals surface area contributed by atoms with Gasteiger partial charge in [-0.05, 0) is 23.1 Å². The second-order valence-electron chi connectivity index (χ2n) is 5.58. The highest BCUT2D eigenvalue weighted by molar-refractivity contribution is 5.97. The van der Waals surface area contributed by atoms with Gasteiger partial charge in [-0.2, -0.15) is 0 Å². The molecule has 2 heterocycles. The molecule has 110 valence electrons. The SMILES string of the molecule is c1cc(N2CCNCC2)c2cc(-c3cncnc3)ccc2c1. The number of anilines is 1.